The Morgan fingerprint density at radius 2 is 2.24 bits per heavy atom. The monoisotopic (exact) mass is 306 g/mol. The summed E-state index contributed by atoms with van der Waals surface area (Å²) in [5.41, 5.74) is 1.76. The minimum Gasteiger partial charge on any atom is -0.369 e. The van der Waals surface area contributed by atoms with Crippen molar-refractivity contribution in [3.63, 3.8) is 0 Å². The Labute approximate surface area is 113 Å². The first-order valence-corrected chi connectivity index (χ1v) is 6.80. The molecule has 0 aliphatic heterocycles. The second-order valence-corrected chi connectivity index (χ2v) is 5.66. The number of hydrogen-bond donors (Lipinski definition) is 0. The molecule has 0 aliphatic carbocycles. The van der Waals surface area contributed by atoms with E-state index < -0.39 is 0 Å². The molecule has 1 heterocycles. The maximum atomic E-state index is 8.86. The van der Waals surface area contributed by atoms with Gasteiger partial charge in [0.2, 0.25) is 0 Å². The van der Waals surface area contributed by atoms with E-state index in [1.807, 2.05) is 31.3 Å². The van der Waals surface area contributed by atoms with Gasteiger partial charge in [-0.2, -0.15) is 5.26 Å². The topological polar surface area (TPSA) is 27.0 Å². The number of nitriles is 1. The van der Waals surface area contributed by atoms with E-state index in [0.29, 0.717) is 5.56 Å². The standard InChI is InChI=1S/C13H11BrN2S/c1-16(8-13-6-11(14)9-17-13)12-4-2-3-10(5-12)7-15/h2-6,9H,8H2,1H3. The fourth-order valence-electron chi connectivity index (χ4n) is 1.57. The molecule has 0 aliphatic rings. The minimum atomic E-state index is 0.696. The van der Waals surface area contributed by atoms with Crippen LogP contribution in [0.4, 0.5) is 5.69 Å². The highest BCUT2D eigenvalue weighted by Gasteiger charge is 2.04. The lowest BCUT2D eigenvalue weighted by Gasteiger charge is -2.18. The number of benzene rings is 1. The summed E-state index contributed by atoms with van der Waals surface area (Å²) in [4.78, 5) is 3.43. The van der Waals surface area contributed by atoms with Gasteiger partial charge in [0.05, 0.1) is 18.2 Å². The van der Waals surface area contributed by atoms with Crippen LogP contribution in [0.25, 0.3) is 0 Å². The molecule has 0 bridgehead atoms. The van der Waals surface area contributed by atoms with Crippen LogP contribution in [0, 0.1) is 11.3 Å². The Morgan fingerprint density at radius 1 is 1.41 bits per heavy atom. The zero-order chi connectivity index (χ0) is 12.3. The maximum absolute atomic E-state index is 8.86. The van der Waals surface area contributed by atoms with Gasteiger partial charge in [-0.25, -0.2) is 0 Å². The van der Waals surface area contributed by atoms with Crippen LogP contribution in [0.2, 0.25) is 0 Å². The van der Waals surface area contributed by atoms with E-state index in [1.165, 1.54) is 4.88 Å². The quantitative estimate of drug-likeness (QED) is 0.856. The summed E-state index contributed by atoms with van der Waals surface area (Å²) >= 11 is 5.18. The summed E-state index contributed by atoms with van der Waals surface area (Å²) in [6.45, 7) is 0.852. The Kier molecular flexibility index (Phi) is 3.82. The molecule has 0 saturated heterocycles. The second kappa shape index (κ2) is 5.35. The lowest BCUT2D eigenvalue weighted by molar-refractivity contribution is 0.940. The summed E-state index contributed by atoms with van der Waals surface area (Å²) in [7, 11) is 2.03. The lowest BCUT2D eigenvalue weighted by atomic mass is 10.2. The van der Waals surface area contributed by atoms with E-state index in [9.17, 15) is 0 Å². The van der Waals surface area contributed by atoms with Gasteiger partial charge in [-0.1, -0.05) is 6.07 Å². The van der Waals surface area contributed by atoms with Gasteiger partial charge in [-0.05, 0) is 40.2 Å². The molecule has 0 N–H and O–H groups in total. The highest BCUT2D eigenvalue weighted by Crippen LogP contribution is 2.23. The van der Waals surface area contributed by atoms with Crippen molar-refractivity contribution < 1.29 is 0 Å². The number of hydrogen-bond acceptors (Lipinski definition) is 3. The number of thiophene rings is 1. The Hall–Kier alpha value is -1.31. The number of anilines is 1. The number of nitrogens with zero attached hydrogens (tertiary/aromatic N) is 2. The average Bonchev–Trinajstić information content (AvgIpc) is 2.75. The molecule has 0 saturated carbocycles. The summed E-state index contributed by atoms with van der Waals surface area (Å²) < 4.78 is 1.12. The molecule has 4 heteroatoms. The number of rotatable bonds is 3. The van der Waals surface area contributed by atoms with Gasteiger partial charge < -0.3 is 4.90 Å². The third-order valence-corrected chi connectivity index (χ3v) is 4.11. The molecule has 0 unspecified atom stereocenters. The van der Waals surface area contributed by atoms with Crippen LogP contribution in [-0.4, -0.2) is 7.05 Å². The predicted molar refractivity (Wildman–Crippen MR) is 75.3 cm³/mol. The van der Waals surface area contributed by atoms with E-state index in [2.05, 4.69) is 38.3 Å². The predicted octanol–water partition coefficient (Wildman–Crippen LogP) is 4.02. The summed E-state index contributed by atoms with van der Waals surface area (Å²) in [6, 6.07) is 11.9. The van der Waals surface area contributed by atoms with E-state index in [1.54, 1.807) is 11.3 Å². The summed E-state index contributed by atoms with van der Waals surface area (Å²) in [5, 5.41) is 10.9. The largest absolute Gasteiger partial charge is 0.369 e. The van der Waals surface area contributed by atoms with E-state index >= 15 is 0 Å². The van der Waals surface area contributed by atoms with E-state index in [0.717, 1.165) is 16.7 Å². The molecular formula is C13H11BrN2S. The molecule has 0 amide bonds. The van der Waals surface area contributed by atoms with Crippen molar-refractivity contribution >= 4 is 33.0 Å². The van der Waals surface area contributed by atoms with Gasteiger partial charge in [0.25, 0.3) is 0 Å². The first kappa shape index (κ1) is 12.2. The van der Waals surface area contributed by atoms with Crippen molar-refractivity contribution in [2.45, 2.75) is 6.54 Å². The van der Waals surface area contributed by atoms with Gasteiger partial charge in [-0.3, -0.25) is 0 Å². The fourth-order valence-corrected chi connectivity index (χ4v) is 3.08. The van der Waals surface area contributed by atoms with Gasteiger partial charge in [0.1, 0.15) is 0 Å². The van der Waals surface area contributed by atoms with Crippen molar-refractivity contribution in [1.82, 2.24) is 0 Å². The van der Waals surface area contributed by atoms with Crippen molar-refractivity contribution in [2.24, 2.45) is 0 Å². The van der Waals surface area contributed by atoms with Crippen LogP contribution in [0.3, 0.4) is 0 Å². The Balaban J connectivity index is 2.14. The molecule has 2 nitrogen and oxygen atoms in total. The average molecular weight is 307 g/mol. The zero-order valence-corrected chi connectivity index (χ0v) is 11.8. The molecular weight excluding hydrogens is 296 g/mol. The van der Waals surface area contributed by atoms with Gasteiger partial charge in [-0.15, -0.1) is 11.3 Å². The lowest BCUT2D eigenvalue weighted by Crippen LogP contribution is -2.15. The van der Waals surface area contributed by atoms with Gasteiger partial charge >= 0.3 is 0 Å². The van der Waals surface area contributed by atoms with Crippen molar-refractivity contribution in [1.29, 1.82) is 5.26 Å². The van der Waals surface area contributed by atoms with Crippen molar-refractivity contribution in [2.75, 3.05) is 11.9 Å². The molecule has 2 rings (SSSR count). The maximum Gasteiger partial charge on any atom is 0.0992 e. The van der Waals surface area contributed by atoms with Crippen LogP contribution in [-0.2, 0) is 6.54 Å². The molecule has 17 heavy (non-hydrogen) atoms. The van der Waals surface area contributed by atoms with Crippen LogP contribution in [0.5, 0.6) is 0 Å². The van der Waals surface area contributed by atoms with E-state index in [-0.39, 0.29) is 0 Å². The third-order valence-electron chi connectivity index (χ3n) is 2.43. The summed E-state index contributed by atoms with van der Waals surface area (Å²) in [5.74, 6) is 0. The molecule has 0 spiro atoms. The van der Waals surface area contributed by atoms with Crippen LogP contribution in [0.15, 0.2) is 40.2 Å². The molecule has 0 atom stereocenters. The molecule has 2 aromatic rings. The highest BCUT2D eigenvalue weighted by atomic mass is 79.9. The van der Waals surface area contributed by atoms with Crippen molar-refractivity contribution in [3.05, 3.63) is 50.6 Å². The number of halogens is 1. The van der Waals surface area contributed by atoms with E-state index in [4.69, 9.17) is 5.26 Å². The molecule has 0 fully saturated rings. The highest BCUT2D eigenvalue weighted by molar-refractivity contribution is 9.10. The van der Waals surface area contributed by atoms with Crippen LogP contribution in [0.1, 0.15) is 10.4 Å². The Morgan fingerprint density at radius 3 is 2.88 bits per heavy atom. The molecule has 0 radical (unpaired) electrons. The first-order chi connectivity index (χ1) is 8.19. The second-order valence-electron chi connectivity index (χ2n) is 3.75. The normalized spacial score (nSPS) is 9.94. The third kappa shape index (κ3) is 3.09. The van der Waals surface area contributed by atoms with Gasteiger partial charge in [0.15, 0.2) is 0 Å². The molecule has 86 valence electrons. The van der Waals surface area contributed by atoms with Gasteiger partial charge in [0, 0.05) is 27.5 Å². The molecule has 1 aromatic heterocycles. The molecule has 1 aromatic carbocycles. The fraction of sp³-hybridized carbons (Fsp3) is 0.154. The summed E-state index contributed by atoms with van der Waals surface area (Å²) in [6.07, 6.45) is 0. The zero-order valence-electron chi connectivity index (χ0n) is 9.35. The Bertz CT molecular complexity index is 557. The first-order valence-electron chi connectivity index (χ1n) is 5.13. The minimum absolute atomic E-state index is 0.696. The van der Waals surface area contributed by atoms with Crippen LogP contribution >= 0.6 is 27.3 Å². The van der Waals surface area contributed by atoms with Crippen molar-refractivity contribution in [3.8, 4) is 6.07 Å². The van der Waals surface area contributed by atoms with Crippen LogP contribution < -0.4 is 4.90 Å². The SMILES string of the molecule is CN(Cc1cc(Br)cs1)c1cccc(C#N)c1. The smallest absolute Gasteiger partial charge is 0.0992 e.